The van der Waals surface area contributed by atoms with Crippen LogP contribution in [0.15, 0.2) is 36.4 Å². The van der Waals surface area contributed by atoms with Gasteiger partial charge in [-0.2, -0.15) is 0 Å². The van der Waals surface area contributed by atoms with Crippen molar-refractivity contribution in [3.63, 3.8) is 0 Å². The van der Waals surface area contributed by atoms with Crippen molar-refractivity contribution in [1.82, 2.24) is 4.98 Å². The van der Waals surface area contributed by atoms with Crippen molar-refractivity contribution >= 4 is 5.97 Å². The van der Waals surface area contributed by atoms with Crippen LogP contribution in [0.25, 0.3) is 0 Å². The van der Waals surface area contributed by atoms with Crippen molar-refractivity contribution in [2.24, 2.45) is 0 Å². The second-order valence-electron chi connectivity index (χ2n) is 3.06. The minimum atomic E-state index is -0.920. The van der Waals surface area contributed by atoms with E-state index in [4.69, 9.17) is 9.84 Å². The first kappa shape index (κ1) is 8.74. The highest BCUT2D eigenvalue weighted by molar-refractivity contribution is 5.86. The quantitative estimate of drug-likeness (QED) is 0.769. The molecule has 0 aliphatic carbocycles. The Balaban J connectivity index is 2.10. The second-order valence-corrected chi connectivity index (χ2v) is 3.06. The van der Waals surface area contributed by atoms with E-state index in [-0.39, 0.29) is 6.10 Å². The number of carbonyl (C=O) groups is 1. The van der Waals surface area contributed by atoms with Crippen LogP contribution in [0, 0.1) is 0 Å². The first-order valence-electron chi connectivity index (χ1n) is 4.25. The van der Waals surface area contributed by atoms with Gasteiger partial charge in [0.15, 0.2) is 0 Å². The first-order chi connectivity index (χ1) is 6.77. The van der Waals surface area contributed by atoms with Crippen molar-refractivity contribution in [1.29, 1.82) is 0 Å². The lowest BCUT2D eigenvalue weighted by molar-refractivity contribution is -0.132. The molecule has 4 nitrogen and oxygen atoms in total. The molecular weight excluding hydrogens is 182 g/mol. The molecule has 0 saturated heterocycles. The highest BCUT2D eigenvalue weighted by atomic mass is 16.5. The minimum Gasteiger partial charge on any atom is -0.492 e. The molecule has 0 spiro atoms. The molecule has 1 aliphatic rings. The standard InChI is InChI=1S/C10H9NO3/c12-10(13)8-4-9(14-6-8)7-2-1-3-11-5-7/h1-3,5-6,9H,4H2,(H,12,13). The maximum atomic E-state index is 10.6. The van der Waals surface area contributed by atoms with E-state index in [2.05, 4.69) is 4.98 Å². The third kappa shape index (κ3) is 1.59. The second kappa shape index (κ2) is 3.49. The van der Waals surface area contributed by atoms with Crippen LogP contribution >= 0.6 is 0 Å². The number of aliphatic carboxylic acids is 1. The molecule has 0 aromatic carbocycles. The van der Waals surface area contributed by atoms with Gasteiger partial charge in [-0.1, -0.05) is 6.07 Å². The van der Waals surface area contributed by atoms with E-state index in [1.807, 2.05) is 6.07 Å². The Labute approximate surface area is 80.8 Å². The summed E-state index contributed by atoms with van der Waals surface area (Å²) in [6.45, 7) is 0. The average molecular weight is 191 g/mol. The van der Waals surface area contributed by atoms with Crippen LogP contribution in [0.5, 0.6) is 0 Å². The molecule has 0 fully saturated rings. The van der Waals surface area contributed by atoms with Gasteiger partial charge in [0, 0.05) is 24.4 Å². The monoisotopic (exact) mass is 191 g/mol. The molecule has 1 aromatic rings. The summed E-state index contributed by atoms with van der Waals surface area (Å²) >= 11 is 0. The molecular formula is C10H9NO3. The highest BCUT2D eigenvalue weighted by Crippen LogP contribution is 2.30. The third-order valence-electron chi connectivity index (χ3n) is 2.11. The van der Waals surface area contributed by atoms with Crippen LogP contribution in [-0.4, -0.2) is 16.1 Å². The number of nitrogens with zero attached hydrogens (tertiary/aromatic N) is 1. The Kier molecular flexibility index (Phi) is 2.18. The number of carboxylic acids is 1. The molecule has 2 rings (SSSR count). The van der Waals surface area contributed by atoms with E-state index in [0.29, 0.717) is 12.0 Å². The zero-order valence-electron chi connectivity index (χ0n) is 7.38. The molecule has 14 heavy (non-hydrogen) atoms. The summed E-state index contributed by atoms with van der Waals surface area (Å²) in [5, 5.41) is 8.71. The molecule has 1 N–H and O–H groups in total. The molecule has 1 aromatic heterocycles. The normalized spacial score (nSPS) is 20.0. The SMILES string of the molecule is O=C(O)C1=COC(c2cccnc2)C1. The number of aromatic nitrogens is 1. The largest absolute Gasteiger partial charge is 0.492 e. The number of hydrogen-bond donors (Lipinski definition) is 1. The van der Waals surface area contributed by atoms with Crippen LogP contribution in [0.2, 0.25) is 0 Å². The molecule has 2 heterocycles. The van der Waals surface area contributed by atoms with Crippen LogP contribution in [0.3, 0.4) is 0 Å². The van der Waals surface area contributed by atoms with E-state index < -0.39 is 5.97 Å². The number of ether oxygens (including phenoxy) is 1. The van der Waals surface area contributed by atoms with Gasteiger partial charge < -0.3 is 9.84 Å². The predicted molar refractivity (Wildman–Crippen MR) is 48.4 cm³/mol. The molecule has 0 saturated carbocycles. The van der Waals surface area contributed by atoms with Gasteiger partial charge in [-0.25, -0.2) is 4.79 Å². The van der Waals surface area contributed by atoms with Gasteiger partial charge >= 0.3 is 5.97 Å². The van der Waals surface area contributed by atoms with Crippen LogP contribution in [0.4, 0.5) is 0 Å². The van der Waals surface area contributed by atoms with E-state index in [1.165, 1.54) is 6.26 Å². The topological polar surface area (TPSA) is 59.4 Å². The van der Waals surface area contributed by atoms with Crippen molar-refractivity contribution in [2.45, 2.75) is 12.5 Å². The predicted octanol–water partition coefficient (Wildman–Crippen LogP) is 1.51. The Morgan fingerprint density at radius 1 is 1.64 bits per heavy atom. The summed E-state index contributed by atoms with van der Waals surface area (Å²) in [6.07, 6.45) is 4.86. The van der Waals surface area contributed by atoms with Crippen LogP contribution < -0.4 is 0 Å². The molecule has 1 unspecified atom stereocenters. The van der Waals surface area contributed by atoms with Crippen molar-refractivity contribution < 1.29 is 14.6 Å². The number of pyridine rings is 1. The Morgan fingerprint density at radius 3 is 3.07 bits per heavy atom. The van der Waals surface area contributed by atoms with Gasteiger partial charge in [-0.15, -0.1) is 0 Å². The minimum absolute atomic E-state index is 0.199. The van der Waals surface area contributed by atoms with E-state index >= 15 is 0 Å². The number of rotatable bonds is 2. The van der Waals surface area contributed by atoms with Crippen LogP contribution in [-0.2, 0) is 9.53 Å². The summed E-state index contributed by atoms with van der Waals surface area (Å²) in [5.74, 6) is -0.920. The molecule has 0 amide bonds. The van der Waals surface area contributed by atoms with Gasteiger partial charge in [-0.3, -0.25) is 4.98 Å². The molecule has 1 atom stereocenters. The maximum Gasteiger partial charge on any atom is 0.334 e. The highest BCUT2D eigenvalue weighted by Gasteiger charge is 2.24. The molecule has 0 radical (unpaired) electrons. The fraction of sp³-hybridized carbons (Fsp3) is 0.200. The summed E-state index contributed by atoms with van der Waals surface area (Å²) in [6, 6.07) is 3.67. The van der Waals surface area contributed by atoms with Crippen molar-refractivity contribution in [3.8, 4) is 0 Å². The maximum absolute atomic E-state index is 10.6. The lowest BCUT2D eigenvalue weighted by atomic mass is 10.1. The van der Waals surface area contributed by atoms with E-state index in [1.54, 1.807) is 18.5 Å². The lowest BCUT2D eigenvalue weighted by Crippen LogP contribution is -2.01. The lowest BCUT2D eigenvalue weighted by Gasteiger charge is -2.08. The van der Waals surface area contributed by atoms with Gasteiger partial charge in [0.05, 0.1) is 11.8 Å². The zero-order valence-corrected chi connectivity index (χ0v) is 7.38. The summed E-state index contributed by atoms with van der Waals surface area (Å²) in [4.78, 5) is 14.6. The molecule has 0 bridgehead atoms. The van der Waals surface area contributed by atoms with Gasteiger partial charge in [0.1, 0.15) is 6.10 Å². The molecule has 4 heteroatoms. The smallest absolute Gasteiger partial charge is 0.334 e. The van der Waals surface area contributed by atoms with Crippen molar-refractivity contribution in [2.75, 3.05) is 0 Å². The summed E-state index contributed by atoms with van der Waals surface area (Å²) in [5.41, 5.74) is 1.21. The summed E-state index contributed by atoms with van der Waals surface area (Å²) < 4.78 is 5.23. The third-order valence-corrected chi connectivity index (χ3v) is 2.11. The van der Waals surface area contributed by atoms with Gasteiger partial charge in [-0.05, 0) is 6.07 Å². The van der Waals surface area contributed by atoms with Crippen LogP contribution in [0.1, 0.15) is 18.1 Å². The zero-order chi connectivity index (χ0) is 9.97. The van der Waals surface area contributed by atoms with Crippen molar-refractivity contribution in [3.05, 3.63) is 41.9 Å². The van der Waals surface area contributed by atoms with Gasteiger partial charge in [0.25, 0.3) is 0 Å². The Hall–Kier alpha value is -1.84. The Morgan fingerprint density at radius 2 is 2.50 bits per heavy atom. The first-order valence-corrected chi connectivity index (χ1v) is 4.25. The average Bonchev–Trinajstić information content (AvgIpc) is 2.68. The van der Waals surface area contributed by atoms with E-state index in [9.17, 15) is 4.79 Å². The fourth-order valence-electron chi connectivity index (χ4n) is 1.36. The van der Waals surface area contributed by atoms with Gasteiger partial charge in [0.2, 0.25) is 0 Å². The molecule has 1 aliphatic heterocycles. The van der Waals surface area contributed by atoms with E-state index in [0.717, 1.165) is 5.56 Å². The molecule has 72 valence electrons. The Bertz CT molecular complexity index is 372. The summed E-state index contributed by atoms with van der Waals surface area (Å²) in [7, 11) is 0. The number of carboxylic acid groups (broad SMARTS) is 1. The number of hydrogen-bond acceptors (Lipinski definition) is 3. The fourth-order valence-corrected chi connectivity index (χ4v) is 1.36.